The van der Waals surface area contributed by atoms with E-state index in [4.69, 9.17) is 17.4 Å². The van der Waals surface area contributed by atoms with Crippen molar-refractivity contribution in [1.82, 2.24) is 9.29 Å². The number of sulfonamides is 1. The number of nitrogens with zero attached hydrogens (tertiary/aromatic N) is 2. The Kier molecular flexibility index (Phi) is 3.53. The van der Waals surface area contributed by atoms with E-state index in [-0.39, 0.29) is 12.3 Å². The van der Waals surface area contributed by atoms with Crippen LogP contribution in [0.5, 0.6) is 0 Å². The van der Waals surface area contributed by atoms with Gasteiger partial charge in [0.1, 0.15) is 5.82 Å². The molecule has 0 amide bonds. The van der Waals surface area contributed by atoms with Crippen molar-refractivity contribution < 1.29 is 8.42 Å². The summed E-state index contributed by atoms with van der Waals surface area (Å²) in [7, 11) is -3.14. The molecule has 1 aliphatic rings. The predicted molar refractivity (Wildman–Crippen MR) is 65.9 cm³/mol. The molecule has 3 N–H and O–H groups in total. The van der Waals surface area contributed by atoms with E-state index in [0.29, 0.717) is 29.5 Å². The first kappa shape index (κ1) is 12.6. The molecule has 8 heteroatoms. The summed E-state index contributed by atoms with van der Waals surface area (Å²) >= 11 is 5.97. The van der Waals surface area contributed by atoms with Crippen molar-refractivity contribution in [3.05, 3.63) is 22.8 Å². The van der Waals surface area contributed by atoms with E-state index >= 15 is 0 Å². The Balaban J connectivity index is 2.24. The minimum absolute atomic E-state index is 0.191. The number of rotatable bonds is 3. The number of aromatic nitrogens is 1. The molecule has 94 valence electrons. The molecule has 0 saturated carbocycles. The van der Waals surface area contributed by atoms with Crippen molar-refractivity contribution >= 4 is 27.4 Å². The predicted octanol–water partition coefficient (Wildman–Crippen LogP) is 0.556. The maximum absolute atomic E-state index is 11.6. The fourth-order valence-corrected chi connectivity index (χ4v) is 3.35. The van der Waals surface area contributed by atoms with Gasteiger partial charge in [0, 0.05) is 6.54 Å². The summed E-state index contributed by atoms with van der Waals surface area (Å²) < 4.78 is 24.7. The fourth-order valence-electron chi connectivity index (χ4n) is 1.71. The zero-order valence-electron chi connectivity index (χ0n) is 9.06. The molecule has 0 unspecified atom stereocenters. The summed E-state index contributed by atoms with van der Waals surface area (Å²) in [6.07, 6.45) is 0.648. The minimum atomic E-state index is -3.14. The van der Waals surface area contributed by atoms with Gasteiger partial charge >= 0.3 is 0 Å². The maximum Gasteiger partial charge on any atom is 0.214 e. The van der Waals surface area contributed by atoms with Crippen LogP contribution in [0.15, 0.2) is 12.1 Å². The molecule has 0 bridgehead atoms. The van der Waals surface area contributed by atoms with E-state index in [1.165, 1.54) is 4.31 Å². The van der Waals surface area contributed by atoms with Crippen LogP contribution in [0.1, 0.15) is 12.1 Å². The zero-order chi connectivity index (χ0) is 12.5. The average molecular weight is 277 g/mol. The zero-order valence-corrected chi connectivity index (χ0v) is 10.6. The molecule has 0 aliphatic carbocycles. The number of hydrogen-bond donors (Lipinski definition) is 2. The Bertz CT molecular complexity index is 520. The normalized spacial score (nSPS) is 19.4. The lowest BCUT2D eigenvalue weighted by molar-refractivity contribution is 0.435. The van der Waals surface area contributed by atoms with E-state index in [9.17, 15) is 8.42 Å². The number of nitrogens with one attached hydrogen (secondary N) is 1. The second-order valence-corrected chi connectivity index (χ2v) is 6.27. The van der Waals surface area contributed by atoms with Gasteiger partial charge in [-0.05, 0) is 18.6 Å². The second-order valence-electron chi connectivity index (χ2n) is 3.77. The van der Waals surface area contributed by atoms with Crippen molar-refractivity contribution in [2.45, 2.75) is 13.0 Å². The number of hydrogen-bond acceptors (Lipinski definition) is 5. The van der Waals surface area contributed by atoms with Crippen molar-refractivity contribution in [3.8, 4) is 0 Å². The third kappa shape index (κ3) is 2.68. The fraction of sp³-hybridized carbons (Fsp3) is 0.444. The molecular weight excluding hydrogens is 264 g/mol. The summed E-state index contributed by atoms with van der Waals surface area (Å²) in [5, 5.41) is 0.436. The Labute approximate surface area is 105 Å². The Morgan fingerprint density at radius 2 is 2.29 bits per heavy atom. The molecule has 1 saturated heterocycles. The lowest BCUT2D eigenvalue weighted by Crippen LogP contribution is -2.26. The molecule has 17 heavy (non-hydrogen) atoms. The first-order valence-corrected chi connectivity index (χ1v) is 7.11. The van der Waals surface area contributed by atoms with Crippen LogP contribution in [0.25, 0.3) is 0 Å². The van der Waals surface area contributed by atoms with E-state index in [0.717, 1.165) is 0 Å². The van der Waals surface area contributed by atoms with E-state index in [1.807, 2.05) is 0 Å². The number of nitrogens with two attached hydrogens (primary N) is 1. The monoisotopic (exact) mass is 276 g/mol. The van der Waals surface area contributed by atoms with Crippen LogP contribution in [-0.4, -0.2) is 30.0 Å². The van der Waals surface area contributed by atoms with Gasteiger partial charge in [0.15, 0.2) is 0 Å². The summed E-state index contributed by atoms with van der Waals surface area (Å²) in [6, 6.07) is 3.27. The van der Waals surface area contributed by atoms with Gasteiger partial charge in [-0.2, -0.15) is 4.31 Å². The molecule has 0 aromatic carbocycles. The van der Waals surface area contributed by atoms with E-state index < -0.39 is 10.0 Å². The topological polar surface area (TPSA) is 88.3 Å². The molecule has 0 spiro atoms. The van der Waals surface area contributed by atoms with Crippen LogP contribution in [0.3, 0.4) is 0 Å². The van der Waals surface area contributed by atoms with Crippen LogP contribution in [0.2, 0.25) is 5.02 Å². The Hall–Kier alpha value is -0.890. The number of anilines is 1. The number of nitrogen functional groups attached to an aromatic ring is 1. The molecule has 2 rings (SSSR count). The largest absolute Gasteiger partial charge is 0.308 e. The summed E-state index contributed by atoms with van der Waals surface area (Å²) in [6.45, 7) is 0.706. The highest BCUT2D eigenvalue weighted by Crippen LogP contribution is 2.22. The summed E-state index contributed by atoms with van der Waals surface area (Å²) in [5.74, 6) is 5.90. The van der Waals surface area contributed by atoms with Gasteiger partial charge in [-0.25, -0.2) is 19.2 Å². The molecule has 1 aliphatic heterocycles. The molecular formula is C9H13ClN4O2S. The minimum Gasteiger partial charge on any atom is -0.308 e. The third-order valence-electron chi connectivity index (χ3n) is 2.60. The molecule has 1 fully saturated rings. The quantitative estimate of drug-likeness (QED) is 0.622. The van der Waals surface area contributed by atoms with Crippen LogP contribution in [0, 0.1) is 0 Å². The maximum atomic E-state index is 11.6. The first-order valence-electron chi connectivity index (χ1n) is 5.13. The lowest BCUT2D eigenvalue weighted by atomic mass is 10.3. The Morgan fingerprint density at radius 1 is 1.53 bits per heavy atom. The van der Waals surface area contributed by atoms with E-state index in [1.54, 1.807) is 12.1 Å². The van der Waals surface area contributed by atoms with Crippen molar-refractivity contribution in [2.75, 3.05) is 17.7 Å². The van der Waals surface area contributed by atoms with Crippen molar-refractivity contribution in [3.63, 3.8) is 0 Å². The highest BCUT2D eigenvalue weighted by atomic mass is 35.5. The molecule has 6 nitrogen and oxygen atoms in total. The van der Waals surface area contributed by atoms with Crippen LogP contribution >= 0.6 is 11.6 Å². The summed E-state index contributed by atoms with van der Waals surface area (Å²) in [4.78, 5) is 4.15. The van der Waals surface area contributed by atoms with Crippen LogP contribution in [0.4, 0.5) is 5.82 Å². The molecule has 2 heterocycles. The van der Waals surface area contributed by atoms with Crippen LogP contribution < -0.4 is 11.3 Å². The van der Waals surface area contributed by atoms with E-state index in [2.05, 4.69) is 10.4 Å². The van der Waals surface area contributed by atoms with Crippen molar-refractivity contribution in [2.24, 2.45) is 5.84 Å². The Morgan fingerprint density at radius 3 is 2.88 bits per heavy atom. The summed E-state index contributed by atoms with van der Waals surface area (Å²) in [5.41, 5.74) is 2.91. The average Bonchev–Trinajstić information content (AvgIpc) is 2.61. The highest BCUT2D eigenvalue weighted by molar-refractivity contribution is 7.89. The number of pyridine rings is 1. The third-order valence-corrected chi connectivity index (χ3v) is 4.84. The van der Waals surface area contributed by atoms with Gasteiger partial charge in [-0.15, -0.1) is 0 Å². The van der Waals surface area contributed by atoms with Gasteiger partial charge in [0.05, 0.1) is 23.0 Å². The molecule has 0 radical (unpaired) electrons. The molecule has 1 aromatic heterocycles. The first-order chi connectivity index (χ1) is 8.03. The lowest BCUT2D eigenvalue weighted by Gasteiger charge is -2.15. The number of halogens is 1. The smallest absolute Gasteiger partial charge is 0.214 e. The van der Waals surface area contributed by atoms with Gasteiger partial charge in [-0.1, -0.05) is 11.6 Å². The number of hydrazine groups is 1. The van der Waals surface area contributed by atoms with Gasteiger partial charge in [-0.3, -0.25) is 0 Å². The highest BCUT2D eigenvalue weighted by Gasteiger charge is 2.29. The molecule has 1 aromatic rings. The standard InChI is InChI=1S/C9H13ClN4O2S/c10-7-2-3-9(13-11)12-8(7)6-14-4-1-5-17(14,15)16/h2-3H,1,4-6,11H2,(H,12,13). The second kappa shape index (κ2) is 4.77. The van der Waals surface area contributed by atoms with Gasteiger partial charge in [0.25, 0.3) is 0 Å². The van der Waals surface area contributed by atoms with Crippen LogP contribution in [-0.2, 0) is 16.6 Å². The molecule has 0 atom stereocenters. The van der Waals surface area contributed by atoms with Gasteiger partial charge in [0.2, 0.25) is 10.0 Å². The van der Waals surface area contributed by atoms with Gasteiger partial charge < -0.3 is 5.43 Å². The van der Waals surface area contributed by atoms with Crippen molar-refractivity contribution in [1.29, 1.82) is 0 Å². The SMILES string of the molecule is NNc1ccc(Cl)c(CN2CCCS2(=O)=O)n1.